The Morgan fingerprint density at radius 3 is 2.52 bits per heavy atom. The zero-order valence-electron chi connectivity index (χ0n) is 12.4. The second-order valence-corrected chi connectivity index (χ2v) is 5.88. The van der Waals surface area contributed by atoms with Gasteiger partial charge in [0, 0.05) is 16.7 Å². The van der Waals surface area contributed by atoms with E-state index in [0.29, 0.717) is 6.61 Å². The molecule has 0 amide bonds. The number of rotatable bonds is 7. The first-order valence-electron chi connectivity index (χ1n) is 6.95. The van der Waals surface area contributed by atoms with E-state index in [-0.39, 0.29) is 6.04 Å². The van der Waals surface area contributed by atoms with E-state index in [1.807, 2.05) is 43.3 Å². The molecular weight excluding hydrogens is 282 g/mol. The van der Waals surface area contributed by atoms with Gasteiger partial charge in [0.1, 0.15) is 0 Å². The van der Waals surface area contributed by atoms with Gasteiger partial charge in [0.2, 0.25) is 0 Å². The molecule has 0 saturated heterocycles. The minimum Gasteiger partial charge on any atom is -0.493 e. The van der Waals surface area contributed by atoms with Gasteiger partial charge in [0.05, 0.1) is 13.7 Å². The molecule has 21 heavy (non-hydrogen) atoms. The van der Waals surface area contributed by atoms with E-state index >= 15 is 0 Å². The third kappa shape index (κ3) is 4.69. The maximum Gasteiger partial charge on any atom is 0.161 e. The Morgan fingerprint density at radius 1 is 1.10 bits per heavy atom. The summed E-state index contributed by atoms with van der Waals surface area (Å²) in [7, 11) is 1.64. The molecule has 2 rings (SSSR count). The lowest BCUT2D eigenvalue weighted by atomic mass is 10.1. The van der Waals surface area contributed by atoms with Gasteiger partial charge in [-0.2, -0.15) is 0 Å². The molecule has 4 heteroatoms. The Morgan fingerprint density at radius 2 is 1.86 bits per heavy atom. The van der Waals surface area contributed by atoms with Crippen LogP contribution in [0, 0.1) is 0 Å². The fourth-order valence-electron chi connectivity index (χ4n) is 1.91. The smallest absolute Gasteiger partial charge is 0.161 e. The third-order valence-electron chi connectivity index (χ3n) is 3.07. The van der Waals surface area contributed by atoms with Crippen LogP contribution >= 0.6 is 11.8 Å². The summed E-state index contributed by atoms with van der Waals surface area (Å²) in [4.78, 5) is 1.25. The van der Waals surface area contributed by atoms with Gasteiger partial charge in [-0.15, -0.1) is 11.8 Å². The van der Waals surface area contributed by atoms with Crippen molar-refractivity contribution < 1.29 is 9.47 Å². The summed E-state index contributed by atoms with van der Waals surface area (Å²) in [5, 5.41) is 0. The van der Waals surface area contributed by atoms with Crippen LogP contribution in [0.4, 0.5) is 0 Å². The molecule has 0 heterocycles. The van der Waals surface area contributed by atoms with Gasteiger partial charge in [0.15, 0.2) is 11.5 Å². The predicted octanol–water partition coefficient (Wildman–Crippen LogP) is 3.89. The van der Waals surface area contributed by atoms with Gasteiger partial charge in [0.25, 0.3) is 0 Å². The molecule has 2 aromatic carbocycles. The molecule has 0 fully saturated rings. The van der Waals surface area contributed by atoms with Crippen LogP contribution in [0.25, 0.3) is 0 Å². The highest BCUT2D eigenvalue weighted by Gasteiger charge is 2.08. The number of hydrogen-bond acceptors (Lipinski definition) is 4. The van der Waals surface area contributed by atoms with Gasteiger partial charge in [-0.25, -0.2) is 0 Å². The minimum atomic E-state index is -0.0124. The molecule has 0 bridgehead atoms. The fraction of sp³-hybridized carbons (Fsp3) is 0.294. The van der Waals surface area contributed by atoms with Crippen LogP contribution in [-0.4, -0.2) is 19.5 Å². The molecule has 2 N–H and O–H groups in total. The lowest BCUT2D eigenvalue weighted by molar-refractivity contribution is 0.313. The summed E-state index contributed by atoms with van der Waals surface area (Å²) in [5.74, 6) is 2.38. The summed E-state index contributed by atoms with van der Waals surface area (Å²) in [6.45, 7) is 2.58. The van der Waals surface area contributed by atoms with Crippen molar-refractivity contribution in [3.8, 4) is 11.5 Å². The Balaban J connectivity index is 1.88. The molecule has 2 aromatic rings. The van der Waals surface area contributed by atoms with Gasteiger partial charge < -0.3 is 15.2 Å². The van der Waals surface area contributed by atoms with Crippen molar-refractivity contribution >= 4 is 11.8 Å². The highest BCUT2D eigenvalue weighted by Crippen LogP contribution is 2.30. The SMILES string of the molecule is COc1cc([C@@H](C)N)ccc1OCCSc1ccccc1. The van der Waals surface area contributed by atoms with Crippen LogP contribution in [0.2, 0.25) is 0 Å². The molecule has 0 aliphatic heterocycles. The number of methoxy groups -OCH3 is 1. The Hall–Kier alpha value is -1.65. The Kier molecular flexibility index (Phi) is 5.96. The maximum atomic E-state index is 5.87. The summed E-state index contributed by atoms with van der Waals surface area (Å²) >= 11 is 1.78. The monoisotopic (exact) mass is 303 g/mol. The van der Waals surface area contributed by atoms with Crippen LogP contribution in [0.5, 0.6) is 11.5 Å². The molecule has 0 unspecified atom stereocenters. The van der Waals surface area contributed by atoms with Gasteiger partial charge in [-0.3, -0.25) is 0 Å². The van der Waals surface area contributed by atoms with E-state index < -0.39 is 0 Å². The largest absolute Gasteiger partial charge is 0.493 e. The number of ether oxygens (including phenoxy) is 2. The van der Waals surface area contributed by atoms with E-state index in [9.17, 15) is 0 Å². The van der Waals surface area contributed by atoms with Crippen LogP contribution in [0.1, 0.15) is 18.5 Å². The van der Waals surface area contributed by atoms with Gasteiger partial charge in [-0.05, 0) is 36.8 Å². The standard InChI is InChI=1S/C17H21NO2S/c1-13(18)14-8-9-16(17(12-14)19-2)20-10-11-21-15-6-4-3-5-7-15/h3-9,12-13H,10-11,18H2,1-2H3/t13-/m1/s1. The second-order valence-electron chi connectivity index (χ2n) is 4.71. The first kappa shape index (κ1) is 15.7. The first-order valence-corrected chi connectivity index (χ1v) is 7.93. The average Bonchev–Trinajstić information content (AvgIpc) is 2.52. The molecule has 3 nitrogen and oxygen atoms in total. The topological polar surface area (TPSA) is 44.5 Å². The highest BCUT2D eigenvalue weighted by molar-refractivity contribution is 7.99. The van der Waals surface area contributed by atoms with Crippen LogP contribution in [0.3, 0.4) is 0 Å². The fourth-order valence-corrected chi connectivity index (χ4v) is 2.67. The number of benzene rings is 2. The average molecular weight is 303 g/mol. The molecule has 1 atom stereocenters. The molecule has 0 aromatic heterocycles. The van der Waals surface area contributed by atoms with Crippen LogP contribution in [0.15, 0.2) is 53.4 Å². The number of thioether (sulfide) groups is 1. The maximum absolute atomic E-state index is 5.87. The minimum absolute atomic E-state index is 0.0124. The lowest BCUT2D eigenvalue weighted by Gasteiger charge is -2.13. The summed E-state index contributed by atoms with van der Waals surface area (Å²) in [6, 6.07) is 16.1. The van der Waals surface area contributed by atoms with E-state index in [2.05, 4.69) is 12.1 Å². The van der Waals surface area contributed by atoms with Crippen molar-refractivity contribution in [1.82, 2.24) is 0 Å². The number of nitrogens with two attached hydrogens (primary N) is 1. The van der Waals surface area contributed by atoms with Crippen molar-refractivity contribution in [1.29, 1.82) is 0 Å². The van der Waals surface area contributed by atoms with Crippen molar-refractivity contribution in [2.24, 2.45) is 5.73 Å². The zero-order valence-corrected chi connectivity index (χ0v) is 13.2. The summed E-state index contributed by atoms with van der Waals surface area (Å²) < 4.78 is 11.2. The summed E-state index contributed by atoms with van der Waals surface area (Å²) in [6.07, 6.45) is 0. The third-order valence-corrected chi connectivity index (χ3v) is 4.04. The lowest BCUT2D eigenvalue weighted by Crippen LogP contribution is -2.06. The predicted molar refractivity (Wildman–Crippen MR) is 88.3 cm³/mol. The van der Waals surface area contributed by atoms with Crippen molar-refractivity contribution in [3.63, 3.8) is 0 Å². The van der Waals surface area contributed by atoms with E-state index in [4.69, 9.17) is 15.2 Å². The van der Waals surface area contributed by atoms with Crippen molar-refractivity contribution in [2.45, 2.75) is 17.9 Å². The summed E-state index contributed by atoms with van der Waals surface area (Å²) in [5.41, 5.74) is 6.91. The van der Waals surface area contributed by atoms with Gasteiger partial charge in [-0.1, -0.05) is 24.3 Å². The molecule has 0 aliphatic carbocycles. The van der Waals surface area contributed by atoms with Crippen molar-refractivity contribution in [2.75, 3.05) is 19.5 Å². The van der Waals surface area contributed by atoms with Gasteiger partial charge >= 0.3 is 0 Å². The first-order chi connectivity index (χ1) is 10.2. The van der Waals surface area contributed by atoms with E-state index in [1.165, 1.54) is 4.90 Å². The normalized spacial score (nSPS) is 12.0. The second kappa shape index (κ2) is 7.96. The molecule has 0 spiro atoms. The molecular formula is C17H21NO2S. The van der Waals surface area contributed by atoms with Crippen molar-refractivity contribution in [3.05, 3.63) is 54.1 Å². The zero-order chi connectivity index (χ0) is 15.1. The van der Waals surface area contributed by atoms with Crippen LogP contribution in [-0.2, 0) is 0 Å². The molecule has 0 aliphatic rings. The molecule has 112 valence electrons. The molecule has 0 saturated carbocycles. The van der Waals surface area contributed by atoms with E-state index in [0.717, 1.165) is 22.8 Å². The van der Waals surface area contributed by atoms with Crippen LogP contribution < -0.4 is 15.2 Å². The quantitative estimate of drug-likeness (QED) is 0.622. The Labute approximate surface area is 130 Å². The Bertz CT molecular complexity index is 558. The van der Waals surface area contributed by atoms with E-state index in [1.54, 1.807) is 18.9 Å². The molecule has 0 radical (unpaired) electrons. The highest BCUT2D eigenvalue weighted by atomic mass is 32.2. The number of hydrogen-bond donors (Lipinski definition) is 1.